The number of nitrogens with zero attached hydrogens (tertiary/aromatic N) is 1. The molecule has 0 bridgehead atoms. The van der Waals surface area contributed by atoms with Crippen molar-refractivity contribution in [3.8, 4) is 0 Å². The van der Waals surface area contributed by atoms with Crippen molar-refractivity contribution in [1.29, 1.82) is 0 Å². The summed E-state index contributed by atoms with van der Waals surface area (Å²) in [7, 11) is 0. The maximum atomic E-state index is 12.0. The van der Waals surface area contributed by atoms with Gasteiger partial charge in [-0.1, -0.05) is 13.8 Å². The molecule has 1 aliphatic rings. The van der Waals surface area contributed by atoms with Crippen LogP contribution in [0.1, 0.15) is 39.5 Å². The van der Waals surface area contributed by atoms with Gasteiger partial charge in [0.15, 0.2) is 0 Å². The fraction of sp³-hybridized carbons (Fsp3) is 0.917. The Morgan fingerprint density at radius 3 is 2.44 bits per heavy atom. The number of hydrogen-bond donors (Lipinski definition) is 2. The highest BCUT2D eigenvalue weighted by molar-refractivity contribution is 5.76. The zero-order valence-electron chi connectivity index (χ0n) is 10.5. The molecule has 1 heterocycles. The van der Waals surface area contributed by atoms with E-state index in [1.807, 2.05) is 4.90 Å². The van der Waals surface area contributed by atoms with Gasteiger partial charge in [0.2, 0.25) is 5.91 Å². The highest BCUT2D eigenvalue weighted by Gasteiger charge is 2.20. The van der Waals surface area contributed by atoms with E-state index in [2.05, 4.69) is 19.2 Å². The van der Waals surface area contributed by atoms with Gasteiger partial charge in [-0.2, -0.15) is 0 Å². The average molecular weight is 227 g/mol. The fourth-order valence-electron chi connectivity index (χ4n) is 2.16. The highest BCUT2D eigenvalue weighted by atomic mass is 16.2. The molecule has 0 aliphatic carbocycles. The molecular formula is C12H25N3O. The molecule has 0 aromatic rings. The van der Waals surface area contributed by atoms with Gasteiger partial charge in [0.25, 0.3) is 0 Å². The summed E-state index contributed by atoms with van der Waals surface area (Å²) in [6.45, 7) is 6.54. The van der Waals surface area contributed by atoms with Gasteiger partial charge >= 0.3 is 0 Å². The minimum absolute atomic E-state index is 0.120. The Balaban J connectivity index is 2.35. The van der Waals surface area contributed by atoms with Gasteiger partial charge in [-0.05, 0) is 19.3 Å². The molecule has 1 amide bonds. The molecule has 1 aliphatic heterocycles. The van der Waals surface area contributed by atoms with E-state index in [-0.39, 0.29) is 11.9 Å². The van der Waals surface area contributed by atoms with Gasteiger partial charge < -0.3 is 16.0 Å². The predicted molar refractivity (Wildman–Crippen MR) is 66.2 cm³/mol. The van der Waals surface area contributed by atoms with Crippen molar-refractivity contribution >= 4 is 5.91 Å². The van der Waals surface area contributed by atoms with E-state index >= 15 is 0 Å². The Kier molecular flexibility index (Phi) is 5.77. The first-order chi connectivity index (χ1) is 7.63. The molecule has 0 saturated carbocycles. The Hall–Kier alpha value is -0.610. The monoisotopic (exact) mass is 227 g/mol. The van der Waals surface area contributed by atoms with Crippen LogP contribution in [0.25, 0.3) is 0 Å². The van der Waals surface area contributed by atoms with Crippen LogP contribution in [0.5, 0.6) is 0 Å². The molecule has 1 saturated heterocycles. The number of nitrogens with two attached hydrogens (primary N) is 1. The van der Waals surface area contributed by atoms with Crippen LogP contribution in [0, 0.1) is 0 Å². The van der Waals surface area contributed by atoms with E-state index < -0.39 is 0 Å². The van der Waals surface area contributed by atoms with Crippen LogP contribution in [0.15, 0.2) is 0 Å². The van der Waals surface area contributed by atoms with Crippen LogP contribution in [-0.2, 0) is 4.79 Å². The normalized spacial score (nSPS) is 18.9. The number of amides is 1. The number of carbonyl (C=O) groups is 1. The molecular weight excluding hydrogens is 202 g/mol. The first-order valence-electron chi connectivity index (χ1n) is 6.37. The molecule has 0 radical (unpaired) electrons. The average Bonchev–Trinajstić information content (AvgIpc) is 2.28. The molecule has 1 fully saturated rings. The van der Waals surface area contributed by atoms with Crippen LogP contribution >= 0.6 is 0 Å². The molecule has 4 heteroatoms. The second-order valence-electron chi connectivity index (χ2n) is 4.90. The molecule has 94 valence electrons. The molecule has 16 heavy (non-hydrogen) atoms. The summed E-state index contributed by atoms with van der Waals surface area (Å²) in [6, 6.07) is 0.497. The first kappa shape index (κ1) is 13.5. The maximum absolute atomic E-state index is 12.0. The maximum Gasteiger partial charge on any atom is 0.224 e. The summed E-state index contributed by atoms with van der Waals surface area (Å²) in [4.78, 5) is 14.0. The van der Waals surface area contributed by atoms with E-state index in [4.69, 9.17) is 5.73 Å². The van der Waals surface area contributed by atoms with Gasteiger partial charge in [0, 0.05) is 38.1 Å². The highest BCUT2D eigenvalue weighted by Crippen LogP contribution is 2.10. The van der Waals surface area contributed by atoms with Gasteiger partial charge in [-0.15, -0.1) is 0 Å². The van der Waals surface area contributed by atoms with Crippen LogP contribution < -0.4 is 11.1 Å². The Morgan fingerprint density at radius 1 is 1.31 bits per heavy atom. The first-order valence-corrected chi connectivity index (χ1v) is 6.37. The minimum Gasteiger partial charge on any atom is -0.343 e. The number of rotatable bonds is 5. The van der Waals surface area contributed by atoms with Crippen LogP contribution in [0.2, 0.25) is 0 Å². The van der Waals surface area contributed by atoms with Crippen molar-refractivity contribution in [3.63, 3.8) is 0 Å². The third kappa shape index (κ3) is 4.49. The van der Waals surface area contributed by atoms with E-state index in [1.54, 1.807) is 0 Å². The Bertz CT molecular complexity index is 212. The summed E-state index contributed by atoms with van der Waals surface area (Å²) in [5.74, 6) is 0.253. The number of hydrogen-bond acceptors (Lipinski definition) is 3. The summed E-state index contributed by atoms with van der Waals surface area (Å²) in [5, 5.41) is 3.33. The second kappa shape index (κ2) is 6.86. The van der Waals surface area contributed by atoms with Gasteiger partial charge in [-0.3, -0.25) is 4.79 Å². The molecule has 0 spiro atoms. The Labute approximate surface area is 98.6 Å². The number of carbonyl (C=O) groups excluding carboxylic acids is 1. The molecule has 1 rings (SSSR count). The summed E-state index contributed by atoms with van der Waals surface area (Å²) in [5.41, 5.74) is 5.67. The largest absolute Gasteiger partial charge is 0.343 e. The van der Waals surface area contributed by atoms with Gasteiger partial charge in [0.05, 0.1) is 0 Å². The molecule has 0 aromatic heterocycles. The third-order valence-electron chi connectivity index (χ3n) is 2.98. The van der Waals surface area contributed by atoms with Crippen molar-refractivity contribution in [2.75, 3.05) is 19.6 Å². The number of piperidine rings is 1. The lowest BCUT2D eigenvalue weighted by Gasteiger charge is -2.29. The van der Waals surface area contributed by atoms with Crippen molar-refractivity contribution < 1.29 is 4.79 Å². The topological polar surface area (TPSA) is 58.4 Å². The lowest BCUT2D eigenvalue weighted by atomic mass is 10.1. The van der Waals surface area contributed by atoms with Crippen molar-refractivity contribution in [1.82, 2.24) is 10.2 Å². The summed E-state index contributed by atoms with van der Waals surface area (Å²) >= 11 is 0. The predicted octanol–water partition coefficient (Wildman–Crippen LogP) is 0.714. The summed E-state index contributed by atoms with van der Waals surface area (Å²) in [6.07, 6.45) is 4.09. The fourth-order valence-corrected chi connectivity index (χ4v) is 2.16. The Morgan fingerprint density at radius 2 is 1.94 bits per heavy atom. The third-order valence-corrected chi connectivity index (χ3v) is 2.98. The SMILES string of the molecule is CC(C)NC(CN)CC(=O)N1CCCCC1. The number of nitrogens with one attached hydrogen (secondary N) is 1. The molecule has 0 aromatic carbocycles. The standard InChI is InChI=1S/C12H25N3O/c1-10(2)14-11(9-13)8-12(16)15-6-4-3-5-7-15/h10-11,14H,3-9,13H2,1-2H3. The van der Waals surface area contributed by atoms with Crippen molar-refractivity contribution in [2.24, 2.45) is 5.73 Å². The molecule has 1 unspecified atom stereocenters. The number of likely N-dealkylation sites (tertiary alicyclic amines) is 1. The van der Waals surface area contributed by atoms with E-state index in [0.717, 1.165) is 25.9 Å². The van der Waals surface area contributed by atoms with Crippen LogP contribution in [0.3, 0.4) is 0 Å². The zero-order chi connectivity index (χ0) is 12.0. The smallest absolute Gasteiger partial charge is 0.224 e. The zero-order valence-corrected chi connectivity index (χ0v) is 10.5. The lowest BCUT2D eigenvalue weighted by molar-refractivity contribution is -0.132. The van der Waals surface area contributed by atoms with Crippen molar-refractivity contribution in [2.45, 2.75) is 51.6 Å². The van der Waals surface area contributed by atoms with Gasteiger partial charge in [-0.25, -0.2) is 0 Å². The lowest BCUT2D eigenvalue weighted by Crippen LogP contribution is -2.45. The molecule has 3 N–H and O–H groups in total. The van der Waals surface area contributed by atoms with E-state index in [9.17, 15) is 4.79 Å². The molecule has 4 nitrogen and oxygen atoms in total. The molecule has 1 atom stereocenters. The van der Waals surface area contributed by atoms with E-state index in [1.165, 1.54) is 6.42 Å². The van der Waals surface area contributed by atoms with E-state index in [0.29, 0.717) is 19.0 Å². The second-order valence-corrected chi connectivity index (χ2v) is 4.90. The summed E-state index contributed by atoms with van der Waals surface area (Å²) < 4.78 is 0. The van der Waals surface area contributed by atoms with Crippen molar-refractivity contribution in [3.05, 3.63) is 0 Å². The minimum atomic E-state index is 0.120. The quantitative estimate of drug-likeness (QED) is 0.727. The van der Waals surface area contributed by atoms with Crippen LogP contribution in [-0.4, -0.2) is 42.5 Å². The van der Waals surface area contributed by atoms with Crippen LogP contribution in [0.4, 0.5) is 0 Å². The van der Waals surface area contributed by atoms with Gasteiger partial charge in [0.1, 0.15) is 0 Å².